The molecule has 0 radical (unpaired) electrons. The lowest BCUT2D eigenvalue weighted by Gasteiger charge is -2.25. The molecule has 0 amide bonds. The first kappa shape index (κ1) is 16.3. The zero-order valence-corrected chi connectivity index (χ0v) is 13.8. The van der Waals surface area contributed by atoms with E-state index in [2.05, 4.69) is 6.58 Å². The van der Waals surface area contributed by atoms with Gasteiger partial charge in [-0.1, -0.05) is 36.9 Å². The third kappa shape index (κ3) is 2.40. The number of hydrogen-bond acceptors (Lipinski definition) is 5. The Morgan fingerprint density at radius 1 is 1.25 bits per heavy atom. The van der Waals surface area contributed by atoms with Crippen molar-refractivity contribution in [3.8, 4) is 0 Å². The first-order valence-corrected chi connectivity index (χ1v) is 7.82. The average Bonchev–Trinajstić information content (AvgIpc) is 2.92. The van der Waals surface area contributed by atoms with Crippen molar-refractivity contribution in [1.29, 1.82) is 0 Å². The number of benzene rings is 1. The molecule has 2 atom stereocenters. The van der Waals surface area contributed by atoms with E-state index < -0.39 is 17.4 Å². The highest BCUT2D eigenvalue weighted by molar-refractivity contribution is 5.93. The lowest BCUT2D eigenvalue weighted by Crippen LogP contribution is -2.35. The second-order valence-electron chi connectivity index (χ2n) is 6.09. The molecule has 1 aliphatic carbocycles. The monoisotopic (exact) mass is 328 g/mol. The molecule has 126 valence electrons. The van der Waals surface area contributed by atoms with E-state index in [1.807, 2.05) is 24.3 Å². The van der Waals surface area contributed by atoms with Gasteiger partial charge in [0.15, 0.2) is 0 Å². The van der Waals surface area contributed by atoms with Gasteiger partial charge in [-0.25, -0.2) is 4.79 Å². The van der Waals surface area contributed by atoms with Gasteiger partial charge < -0.3 is 14.2 Å². The van der Waals surface area contributed by atoms with Crippen molar-refractivity contribution < 1.29 is 23.8 Å². The molecule has 3 rings (SSSR count). The third-order valence-corrected chi connectivity index (χ3v) is 4.78. The molecule has 1 saturated heterocycles. The second kappa shape index (κ2) is 6.15. The normalized spacial score (nSPS) is 25.0. The van der Waals surface area contributed by atoms with Gasteiger partial charge in [0.05, 0.1) is 19.8 Å². The van der Waals surface area contributed by atoms with Crippen molar-refractivity contribution >= 4 is 11.9 Å². The van der Waals surface area contributed by atoms with Crippen molar-refractivity contribution in [2.45, 2.75) is 25.4 Å². The Morgan fingerprint density at radius 3 is 2.58 bits per heavy atom. The maximum Gasteiger partial charge on any atom is 0.337 e. The lowest BCUT2D eigenvalue weighted by atomic mass is 9.77. The molecule has 5 nitrogen and oxygen atoms in total. The van der Waals surface area contributed by atoms with Crippen LogP contribution in [0.15, 0.2) is 48.3 Å². The van der Waals surface area contributed by atoms with Crippen molar-refractivity contribution in [1.82, 2.24) is 0 Å². The minimum absolute atomic E-state index is 0.344. The van der Waals surface area contributed by atoms with E-state index in [0.717, 1.165) is 11.1 Å². The summed E-state index contributed by atoms with van der Waals surface area (Å²) in [6.07, 6.45) is 2.49. The maximum absolute atomic E-state index is 12.7. The number of hydrogen-bond donors (Lipinski definition) is 0. The van der Waals surface area contributed by atoms with Gasteiger partial charge in [-0.05, 0) is 17.5 Å². The van der Waals surface area contributed by atoms with Gasteiger partial charge in [-0.15, -0.1) is 0 Å². The molecule has 1 aromatic carbocycles. The molecule has 0 spiro atoms. The topological polar surface area (TPSA) is 61.8 Å². The predicted molar refractivity (Wildman–Crippen MR) is 87.0 cm³/mol. The zero-order chi connectivity index (χ0) is 17.3. The summed E-state index contributed by atoms with van der Waals surface area (Å²) < 4.78 is 16.0. The molecule has 1 aliphatic heterocycles. The fourth-order valence-electron chi connectivity index (χ4n) is 3.62. The van der Waals surface area contributed by atoms with E-state index in [1.165, 1.54) is 14.2 Å². The van der Waals surface area contributed by atoms with E-state index in [4.69, 9.17) is 14.2 Å². The van der Waals surface area contributed by atoms with Crippen molar-refractivity contribution in [2.75, 3.05) is 14.2 Å². The predicted octanol–water partition coefficient (Wildman–Crippen LogP) is 2.35. The number of methoxy groups -OCH3 is 2. The first-order valence-electron chi connectivity index (χ1n) is 7.82. The molecule has 0 saturated carbocycles. The highest BCUT2D eigenvalue weighted by Crippen LogP contribution is 2.49. The molecule has 2 aliphatic rings. The number of carbonyl (C=O) groups excluding carboxylic acids is 2. The summed E-state index contributed by atoms with van der Waals surface area (Å²) in [6.45, 7) is 3.76. The van der Waals surface area contributed by atoms with Crippen molar-refractivity contribution in [2.24, 2.45) is 5.41 Å². The number of carbonyl (C=O) groups is 2. The lowest BCUT2D eigenvalue weighted by molar-refractivity contribution is -0.150. The van der Waals surface area contributed by atoms with Gasteiger partial charge in [0.1, 0.15) is 17.3 Å². The molecular formula is C19H20O5. The Morgan fingerprint density at radius 2 is 1.96 bits per heavy atom. The summed E-state index contributed by atoms with van der Waals surface area (Å²) in [6, 6.07) is 7.76. The van der Waals surface area contributed by atoms with Crippen LogP contribution in [0.4, 0.5) is 0 Å². The van der Waals surface area contributed by atoms with Crippen LogP contribution in [-0.4, -0.2) is 32.3 Å². The molecule has 0 aromatic heterocycles. The van der Waals surface area contributed by atoms with Crippen LogP contribution in [-0.2, 0) is 36.6 Å². The van der Waals surface area contributed by atoms with Crippen LogP contribution >= 0.6 is 0 Å². The summed E-state index contributed by atoms with van der Waals surface area (Å²) in [5, 5.41) is 0. The van der Waals surface area contributed by atoms with Crippen LogP contribution in [0, 0.1) is 5.41 Å². The van der Waals surface area contributed by atoms with Crippen molar-refractivity contribution in [3.05, 3.63) is 59.4 Å². The Balaban J connectivity index is 2.25. The van der Waals surface area contributed by atoms with Gasteiger partial charge in [0.25, 0.3) is 0 Å². The van der Waals surface area contributed by atoms with E-state index >= 15 is 0 Å². The Bertz CT molecular complexity index is 733. The maximum atomic E-state index is 12.7. The fraction of sp³-hybridized carbons (Fsp3) is 0.368. The molecule has 5 heteroatoms. The number of fused-ring (bicyclic) bond motifs is 2. The first-order chi connectivity index (χ1) is 11.6. The van der Waals surface area contributed by atoms with E-state index in [0.29, 0.717) is 30.6 Å². The minimum atomic E-state index is -1.02. The smallest absolute Gasteiger partial charge is 0.337 e. The summed E-state index contributed by atoms with van der Waals surface area (Å²) in [5.41, 5.74) is 1.34. The van der Waals surface area contributed by atoms with E-state index in [1.54, 1.807) is 6.08 Å². The fourth-order valence-corrected chi connectivity index (χ4v) is 3.62. The highest BCUT2D eigenvalue weighted by atomic mass is 16.5. The Hall–Kier alpha value is -2.56. The van der Waals surface area contributed by atoms with Crippen LogP contribution in [0.2, 0.25) is 0 Å². The molecule has 0 unspecified atom stereocenters. The van der Waals surface area contributed by atoms with Gasteiger partial charge in [0.2, 0.25) is 0 Å². The number of esters is 2. The molecule has 0 bridgehead atoms. The zero-order valence-electron chi connectivity index (χ0n) is 13.8. The molecular weight excluding hydrogens is 308 g/mol. The van der Waals surface area contributed by atoms with Gasteiger partial charge >= 0.3 is 11.9 Å². The molecule has 1 fully saturated rings. The minimum Gasteiger partial charge on any atom is -0.489 e. The van der Waals surface area contributed by atoms with Gasteiger partial charge in [-0.3, -0.25) is 4.79 Å². The van der Waals surface area contributed by atoms with Crippen LogP contribution in [0.5, 0.6) is 0 Å². The standard InChI is InChI=1S/C19H20O5/c1-4-14-11-19(18(21)23-3)10-13-8-6-5-7-12(13)9-15(16(19)24-14)17(20)22-2/h4-8,14H,1,9-11H2,2-3H3/t14-,19-/m1/s1. The summed E-state index contributed by atoms with van der Waals surface area (Å²) in [5.74, 6) is -0.526. The Labute approximate surface area is 140 Å². The van der Waals surface area contributed by atoms with E-state index in [9.17, 15) is 9.59 Å². The largest absolute Gasteiger partial charge is 0.489 e. The summed E-state index contributed by atoms with van der Waals surface area (Å²) >= 11 is 0. The average molecular weight is 328 g/mol. The van der Waals surface area contributed by atoms with Gasteiger partial charge in [-0.2, -0.15) is 0 Å². The molecule has 1 aromatic rings. The quantitative estimate of drug-likeness (QED) is 0.629. The molecule has 0 N–H and O–H groups in total. The van der Waals surface area contributed by atoms with Gasteiger partial charge in [0, 0.05) is 12.8 Å². The SMILES string of the molecule is C=C[C@@H]1C[C@]2(C(=O)OC)Cc3ccccc3CC(C(=O)OC)=C2O1. The van der Waals surface area contributed by atoms with Crippen molar-refractivity contribution in [3.63, 3.8) is 0 Å². The molecule has 1 heterocycles. The molecule has 24 heavy (non-hydrogen) atoms. The van der Waals surface area contributed by atoms with E-state index in [-0.39, 0.29) is 6.10 Å². The van der Waals surface area contributed by atoms with Crippen LogP contribution in [0.25, 0.3) is 0 Å². The second-order valence-corrected chi connectivity index (χ2v) is 6.09. The Kier molecular flexibility index (Phi) is 4.18. The third-order valence-electron chi connectivity index (χ3n) is 4.78. The number of ether oxygens (including phenoxy) is 3. The number of rotatable bonds is 3. The highest BCUT2D eigenvalue weighted by Gasteiger charge is 2.55. The van der Waals surface area contributed by atoms with Crippen LogP contribution in [0.1, 0.15) is 17.5 Å². The summed E-state index contributed by atoms with van der Waals surface area (Å²) in [7, 11) is 2.68. The van der Waals surface area contributed by atoms with Crippen LogP contribution < -0.4 is 0 Å². The van der Waals surface area contributed by atoms with Crippen LogP contribution in [0.3, 0.4) is 0 Å². The summed E-state index contributed by atoms with van der Waals surface area (Å²) in [4.78, 5) is 25.1.